The van der Waals surface area contributed by atoms with Crippen molar-refractivity contribution in [3.63, 3.8) is 0 Å². The van der Waals surface area contributed by atoms with E-state index in [0.29, 0.717) is 0 Å². The van der Waals surface area contributed by atoms with Crippen LogP contribution in [0.1, 0.15) is 43.2 Å². The molecule has 1 spiro atoms. The lowest BCUT2D eigenvalue weighted by Gasteiger charge is -2.35. The molecular formula is C23H22O. The standard InChI is InChI=1S/C23H22O/c1-3-9-17(10-4-1)21-20-12-6-5-11-18(20)15-19-16-24-23(22(19)21)13-7-2-8-14-23/h1,3-6,9-12,15H,2,7-8,13-14,16H2. The van der Waals surface area contributed by atoms with E-state index in [4.69, 9.17) is 4.74 Å². The molecule has 0 aromatic heterocycles. The average molecular weight is 314 g/mol. The fourth-order valence-corrected chi connectivity index (χ4v) is 4.75. The first-order chi connectivity index (χ1) is 11.9. The Hall–Kier alpha value is -2.12. The Morgan fingerprint density at radius 2 is 1.54 bits per heavy atom. The molecule has 0 atom stereocenters. The molecule has 120 valence electrons. The van der Waals surface area contributed by atoms with Crippen LogP contribution < -0.4 is 0 Å². The van der Waals surface area contributed by atoms with Gasteiger partial charge in [-0.05, 0) is 51.9 Å². The summed E-state index contributed by atoms with van der Waals surface area (Å²) in [6.45, 7) is 0.764. The Bertz CT molecular complexity index is 889. The molecule has 0 N–H and O–H groups in total. The fraction of sp³-hybridized carbons (Fsp3) is 0.304. The molecule has 5 rings (SSSR count). The zero-order valence-corrected chi connectivity index (χ0v) is 13.9. The highest BCUT2D eigenvalue weighted by molar-refractivity contribution is 5.99. The van der Waals surface area contributed by atoms with Crippen LogP contribution in [-0.4, -0.2) is 0 Å². The Balaban J connectivity index is 1.86. The zero-order valence-electron chi connectivity index (χ0n) is 13.9. The molecule has 1 heterocycles. The second kappa shape index (κ2) is 5.46. The summed E-state index contributed by atoms with van der Waals surface area (Å²) in [5, 5.41) is 2.68. The predicted octanol–water partition coefficient (Wildman–Crippen LogP) is 6.20. The van der Waals surface area contributed by atoms with Gasteiger partial charge in [0, 0.05) is 0 Å². The lowest BCUT2D eigenvalue weighted by Crippen LogP contribution is -2.28. The minimum absolute atomic E-state index is 0.0528. The molecule has 0 radical (unpaired) electrons. The van der Waals surface area contributed by atoms with E-state index in [9.17, 15) is 0 Å². The smallest absolute Gasteiger partial charge is 0.0945 e. The normalized spacial score (nSPS) is 18.8. The molecule has 1 fully saturated rings. The molecule has 2 aliphatic rings. The van der Waals surface area contributed by atoms with Gasteiger partial charge in [-0.3, -0.25) is 0 Å². The third-order valence-corrected chi connectivity index (χ3v) is 5.81. The maximum atomic E-state index is 6.49. The van der Waals surface area contributed by atoms with E-state index in [1.807, 2.05) is 0 Å². The number of fused-ring (bicyclic) bond motifs is 3. The molecule has 3 aromatic carbocycles. The minimum atomic E-state index is -0.0528. The lowest BCUT2D eigenvalue weighted by molar-refractivity contribution is -0.0634. The van der Waals surface area contributed by atoms with Crippen molar-refractivity contribution < 1.29 is 4.74 Å². The molecule has 24 heavy (non-hydrogen) atoms. The molecule has 1 heteroatoms. The zero-order chi connectivity index (χ0) is 16.0. The molecule has 0 unspecified atom stereocenters. The molecule has 0 saturated heterocycles. The number of benzene rings is 3. The number of rotatable bonds is 1. The van der Waals surface area contributed by atoms with Crippen molar-refractivity contribution in [2.24, 2.45) is 0 Å². The van der Waals surface area contributed by atoms with Gasteiger partial charge in [-0.25, -0.2) is 0 Å². The maximum Gasteiger partial charge on any atom is 0.0945 e. The van der Waals surface area contributed by atoms with Gasteiger partial charge in [0.1, 0.15) is 0 Å². The van der Waals surface area contributed by atoms with Gasteiger partial charge in [0.05, 0.1) is 12.2 Å². The summed E-state index contributed by atoms with van der Waals surface area (Å²) in [7, 11) is 0. The summed E-state index contributed by atoms with van der Waals surface area (Å²) in [5.41, 5.74) is 5.55. The third-order valence-electron chi connectivity index (χ3n) is 5.81. The van der Waals surface area contributed by atoms with Crippen LogP contribution in [-0.2, 0) is 16.9 Å². The quantitative estimate of drug-likeness (QED) is 0.520. The van der Waals surface area contributed by atoms with Crippen LogP contribution >= 0.6 is 0 Å². The second-order valence-electron chi connectivity index (χ2n) is 7.22. The van der Waals surface area contributed by atoms with E-state index in [1.165, 1.54) is 52.3 Å². The average Bonchev–Trinajstić information content (AvgIpc) is 2.99. The van der Waals surface area contributed by atoms with Crippen LogP contribution in [0.4, 0.5) is 0 Å². The third kappa shape index (κ3) is 2.04. The largest absolute Gasteiger partial charge is 0.366 e. The molecule has 1 aliphatic heterocycles. The van der Waals surface area contributed by atoms with Crippen LogP contribution in [0.3, 0.4) is 0 Å². The number of hydrogen-bond donors (Lipinski definition) is 0. The van der Waals surface area contributed by atoms with Gasteiger partial charge in [0.25, 0.3) is 0 Å². The van der Waals surface area contributed by atoms with Crippen molar-refractivity contribution in [1.29, 1.82) is 0 Å². The topological polar surface area (TPSA) is 9.23 Å². The van der Waals surface area contributed by atoms with Gasteiger partial charge in [-0.2, -0.15) is 0 Å². The highest BCUT2D eigenvalue weighted by Crippen LogP contribution is 2.52. The van der Waals surface area contributed by atoms with Gasteiger partial charge < -0.3 is 4.74 Å². The van der Waals surface area contributed by atoms with Crippen LogP contribution in [0.25, 0.3) is 21.9 Å². The number of ether oxygens (including phenoxy) is 1. The summed E-state index contributed by atoms with van der Waals surface area (Å²) in [4.78, 5) is 0. The predicted molar refractivity (Wildman–Crippen MR) is 98.9 cm³/mol. The Labute approximate surface area is 143 Å². The number of hydrogen-bond acceptors (Lipinski definition) is 1. The SMILES string of the molecule is c1ccc(-c2c3c(cc4ccccc24)COC32CCCCC2)cc1. The summed E-state index contributed by atoms with van der Waals surface area (Å²) < 4.78 is 6.49. The van der Waals surface area contributed by atoms with E-state index in [1.54, 1.807) is 0 Å². The van der Waals surface area contributed by atoms with E-state index >= 15 is 0 Å². The summed E-state index contributed by atoms with van der Waals surface area (Å²) >= 11 is 0. The summed E-state index contributed by atoms with van der Waals surface area (Å²) in [6, 6.07) is 22.0. The van der Waals surface area contributed by atoms with Crippen LogP contribution in [0.15, 0.2) is 60.7 Å². The van der Waals surface area contributed by atoms with Crippen molar-refractivity contribution in [2.75, 3.05) is 0 Å². The molecule has 0 amide bonds. The lowest BCUT2D eigenvalue weighted by atomic mass is 9.75. The summed E-state index contributed by atoms with van der Waals surface area (Å²) in [6.07, 6.45) is 6.23. The summed E-state index contributed by atoms with van der Waals surface area (Å²) in [5.74, 6) is 0. The molecular weight excluding hydrogens is 292 g/mol. The molecule has 1 aliphatic carbocycles. The van der Waals surface area contributed by atoms with Crippen molar-refractivity contribution in [3.8, 4) is 11.1 Å². The molecule has 1 nitrogen and oxygen atoms in total. The van der Waals surface area contributed by atoms with Gasteiger partial charge in [0.15, 0.2) is 0 Å². The van der Waals surface area contributed by atoms with Crippen LogP contribution in [0.2, 0.25) is 0 Å². The molecule has 1 saturated carbocycles. The van der Waals surface area contributed by atoms with Gasteiger partial charge in [0.2, 0.25) is 0 Å². The van der Waals surface area contributed by atoms with Crippen LogP contribution in [0.5, 0.6) is 0 Å². The highest BCUT2D eigenvalue weighted by atomic mass is 16.5. The Morgan fingerprint density at radius 1 is 0.792 bits per heavy atom. The highest BCUT2D eigenvalue weighted by Gasteiger charge is 2.43. The van der Waals surface area contributed by atoms with E-state index in [2.05, 4.69) is 60.7 Å². The maximum absolute atomic E-state index is 6.49. The van der Waals surface area contributed by atoms with Crippen molar-refractivity contribution in [3.05, 3.63) is 71.8 Å². The van der Waals surface area contributed by atoms with Crippen LogP contribution in [0, 0.1) is 0 Å². The van der Waals surface area contributed by atoms with E-state index in [-0.39, 0.29) is 5.60 Å². The van der Waals surface area contributed by atoms with Gasteiger partial charge >= 0.3 is 0 Å². The van der Waals surface area contributed by atoms with Crippen molar-refractivity contribution in [2.45, 2.75) is 44.3 Å². The molecule has 0 bridgehead atoms. The van der Waals surface area contributed by atoms with Gasteiger partial charge in [-0.15, -0.1) is 0 Å². The van der Waals surface area contributed by atoms with E-state index in [0.717, 1.165) is 19.4 Å². The fourth-order valence-electron chi connectivity index (χ4n) is 4.75. The Kier molecular flexibility index (Phi) is 3.24. The second-order valence-corrected chi connectivity index (χ2v) is 7.22. The van der Waals surface area contributed by atoms with E-state index < -0.39 is 0 Å². The van der Waals surface area contributed by atoms with Crippen molar-refractivity contribution in [1.82, 2.24) is 0 Å². The monoisotopic (exact) mass is 314 g/mol. The first kappa shape index (κ1) is 14.2. The van der Waals surface area contributed by atoms with Gasteiger partial charge in [-0.1, -0.05) is 73.9 Å². The Morgan fingerprint density at radius 3 is 2.38 bits per heavy atom. The van der Waals surface area contributed by atoms with Crippen molar-refractivity contribution >= 4 is 10.8 Å². The first-order valence-electron chi connectivity index (χ1n) is 9.12. The minimum Gasteiger partial charge on any atom is -0.366 e. The first-order valence-corrected chi connectivity index (χ1v) is 9.12. The molecule has 3 aromatic rings.